The Morgan fingerprint density at radius 3 is 2.39 bits per heavy atom. The number of carbonyl (C=O) groups excluding carboxylic acids is 1. The summed E-state index contributed by atoms with van der Waals surface area (Å²) in [6.07, 6.45) is 0. The second-order valence-corrected chi connectivity index (χ2v) is 7.25. The van der Waals surface area contributed by atoms with E-state index in [1.54, 1.807) is 0 Å². The Hall–Kier alpha value is -1.89. The zero-order chi connectivity index (χ0) is 17.0. The number of benzene rings is 2. The second-order valence-electron chi connectivity index (χ2n) is 4.96. The molecule has 1 amide bonds. The van der Waals surface area contributed by atoms with Crippen LogP contribution in [0.2, 0.25) is 5.02 Å². The number of amides is 1. The van der Waals surface area contributed by atoms with Gasteiger partial charge in [0.2, 0.25) is 10.0 Å². The van der Waals surface area contributed by atoms with Crippen LogP contribution in [0.4, 0.5) is 0 Å². The van der Waals surface area contributed by atoms with Gasteiger partial charge in [-0.2, -0.15) is 0 Å². The first-order valence-corrected chi connectivity index (χ1v) is 8.80. The van der Waals surface area contributed by atoms with Crippen molar-refractivity contribution in [1.29, 1.82) is 0 Å². The molecule has 1 unspecified atom stereocenters. The highest BCUT2D eigenvalue weighted by molar-refractivity contribution is 7.89. The van der Waals surface area contributed by atoms with Gasteiger partial charge in [0.1, 0.15) is 0 Å². The number of nitrogens with one attached hydrogen (secondary N) is 2. The van der Waals surface area contributed by atoms with Crippen LogP contribution in [0.1, 0.15) is 28.9 Å². The average Bonchev–Trinajstić information content (AvgIpc) is 2.55. The Kier molecular flexibility index (Phi) is 5.41. The lowest BCUT2D eigenvalue weighted by Crippen LogP contribution is -2.27. The van der Waals surface area contributed by atoms with Gasteiger partial charge >= 0.3 is 0 Å². The normalized spacial score (nSPS) is 12.7. The van der Waals surface area contributed by atoms with Gasteiger partial charge in [-0.15, -0.1) is 0 Å². The number of rotatable bonds is 5. The molecule has 0 heterocycles. The predicted octanol–water partition coefficient (Wildman–Crippen LogP) is 2.74. The van der Waals surface area contributed by atoms with Crippen LogP contribution in [-0.2, 0) is 10.0 Å². The summed E-state index contributed by atoms with van der Waals surface area (Å²) in [5.41, 5.74) is 1.06. The molecular weight excluding hydrogens is 336 g/mol. The van der Waals surface area contributed by atoms with E-state index in [0.29, 0.717) is 0 Å². The van der Waals surface area contributed by atoms with E-state index in [1.165, 1.54) is 25.2 Å². The number of halogens is 1. The van der Waals surface area contributed by atoms with Gasteiger partial charge in [0.15, 0.2) is 0 Å². The third kappa shape index (κ3) is 4.10. The Balaban J connectivity index is 2.27. The monoisotopic (exact) mass is 352 g/mol. The van der Waals surface area contributed by atoms with Gasteiger partial charge in [-0.05, 0) is 37.7 Å². The molecule has 1 atom stereocenters. The summed E-state index contributed by atoms with van der Waals surface area (Å²) >= 11 is 6.04. The van der Waals surface area contributed by atoms with Gasteiger partial charge in [0.25, 0.3) is 5.91 Å². The topological polar surface area (TPSA) is 75.3 Å². The highest BCUT2D eigenvalue weighted by atomic mass is 35.5. The van der Waals surface area contributed by atoms with Gasteiger partial charge in [0, 0.05) is 0 Å². The molecule has 2 aromatic rings. The molecule has 0 fully saturated rings. The fraction of sp³-hybridized carbons (Fsp3) is 0.188. The highest BCUT2D eigenvalue weighted by Gasteiger charge is 2.18. The van der Waals surface area contributed by atoms with E-state index < -0.39 is 15.9 Å². The van der Waals surface area contributed by atoms with E-state index in [4.69, 9.17) is 11.6 Å². The van der Waals surface area contributed by atoms with Crippen LogP contribution in [0.25, 0.3) is 0 Å². The first-order valence-electron chi connectivity index (χ1n) is 6.94. The first kappa shape index (κ1) is 17.5. The van der Waals surface area contributed by atoms with Crippen LogP contribution in [0, 0.1) is 0 Å². The minimum atomic E-state index is -3.64. The Morgan fingerprint density at radius 1 is 1.13 bits per heavy atom. The molecule has 2 N–H and O–H groups in total. The number of hydrogen-bond donors (Lipinski definition) is 2. The van der Waals surface area contributed by atoms with Crippen molar-refractivity contribution in [2.24, 2.45) is 0 Å². The third-order valence-corrected chi connectivity index (χ3v) is 5.15. The van der Waals surface area contributed by atoms with E-state index >= 15 is 0 Å². The smallest absolute Gasteiger partial charge is 0.253 e. The SMILES string of the molecule is CNS(=O)(=O)c1ccc(Cl)c(C(=O)NC(C)c2ccccc2)c1. The number of hydrogen-bond acceptors (Lipinski definition) is 3. The summed E-state index contributed by atoms with van der Waals surface area (Å²) in [5, 5.41) is 3.00. The molecule has 0 saturated carbocycles. The molecule has 7 heteroatoms. The van der Waals surface area contributed by atoms with E-state index in [9.17, 15) is 13.2 Å². The lowest BCUT2D eigenvalue weighted by Gasteiger charge is -2.15. The van der Waals surface area contributed by atoms with Crippen molar-refractivity contribution in [3.05, 3.63) is 64.7 Å². The third-order valence-electron chi connectivity index (χ3n) is 3.41. The molecular formula is C16H17ClN2O3S. The van der Waals surface area contributed by atoms with E-state index in [2.05, 4.69) is 10.0 Å². The van der Waals surface area contributed by atoms with Crippen LogP contribution in [0.5, 0.6) is 0 Å². The molecule has 0 radical (unpaired) electrons. The summed E-state index contributed by atoms with van der Waals surface area (Å²) < 4.78 is 25.9. The van der Waals surface area contributed by atoms with Crippen LogP contribution in [0.3, 0.4) is 0 Å². The van der Waals surface area contributed by atoms with Gasteiger partial charge < -0.3 is 5.32 Å². The Morgan fingerprint density at radius 2 is 1.78 bits per heavy atom. The molecule has 2 rings (SSSR count). The van der Waals surface area contributed by atoms with Gasteiger partial charge in [-0.3, -0.25) is 4.79 Å². The van der Waals surface area contributed by atoms with E-state index in [1.807, 2.05) is 37.3 Å². The van der Waals surface area contributed by atoms with Crippen molar-refractivity contribution in [2.75, 3.05) is 7.05 Å². The minimum Gasteiger partial charge on any atom is -0.345 e. The number of carbonyl (C=O) groups is 1. The van der Waals surface area contributed by atoms with Crippen molar-refractivity contribution < 1.29 is 13.2 Å². The zero-order valence-corrected chi connectivity index (χ0v) is 14.3. The largest absolute Gasteiger partial charge is 0.345 e. The fourth-order valence-corrected chi connectivity index (χ4v) is 3.02. The summed E-state index contributed by atoms with van der Waals surface area (Å²) in [6, 6.07) is 13.2. The lowest BCUT2D eigenvalue weighted by atomic mass is 10.1. The van der Waals surface area contributed by atoms with Crippen LogP contribution >= 0.6 is 11.6 Å². The maximum atomic E-state index is 12.4. The molecule has 2 aromatic carbocycles. The lowest BCUT2D eigenvalue weighted by molar-refractivity contribution is 0.0940. The molecule has 122 valence electrons. The van der Waals surface area contributed by atoms with Crippen LogP contribution < -0.4 is 10.0 Å². The molecule has 0 bridgehead atoms. The quantitative estimate of drug-likeness (QED) is 0.868. The van der Waals surface area contributed by atoms with Crippen molar-refractivity contribution in [3.63, 3.8) is 0 Å². The van der Waals surface area contributed by atoms with Crippen molar-refractivity contribution >= 4 is 27.5 Å². The maximum Gasteiger partial charge on any atom is 0.253 e. The van der Waals surface area contributed by atoms with Crippen LogP contribution in [-0.4, -0.2) is 21.4 Å². The highest BCUT2D eigenvalue weighted by Crippen LogP contribution is 2.21. The van der Waals surface area contributed by atoms with Crippen LogP contribution in [0.15, 0.2) is 53.4 Å². The molecule has 0 aromatic heterocycles. The number of sulfonamides is 1. The summed E-state index contributed by atoms with van der Waals surface area (Å²) in [4.78, 5) is 12.4. The summed E-state index contributed by atoms with van der Waals surface area (Å²) in [6.45, 7) is 1.84. The van der Waals surface area contributed by atoms with Gasteiger partial charge in [0.05, 0.1) is 21.5 Å². The first-order chi connectivity index (χ1) is 10.8. The molecule has 0 saturated heterocycles. The zero-order valence-electron chi connectivity index (χ0n) is 12.7. The average molecular weight is 353 g/mol. The molecule has 0 spiro atoms. The fourth-order valence-electron chi connectivity index (χ4n) is 2.06. The van der Waals surface area contributed by atoms with Gasteiger partial charge in [-0.25, -0.2) is 13.1 Å². The second kappa shape index (κ2) is 7.12. The molecule has 5 nitrogen and oxygen atoms in total. The van der Waals surface area contributed by atoms with E-state index in [-0.39, 0.29) is 21.5 Å². The Bertz CT molecular complexity index is 807. The summed E-state index contributed by atoms with van der Waals surface area (Å²) in [7, 11) is -2.33. The summed E-state index contributed by atoms with van der Waals surface area (Å²) in [5.74, 6) is -0.431. The minimum absolute atomic E-state index is 0.0121. The predicted molar refractivity (Wildman–Crippen MR) is 90.0 cm³/mol. The Labute approximate surface area is 140 Å². The standard InChI is InChI=1S/C16H17ClN2O3S/c1-11(12-6-4-3-5-7-12)19-16(20)14-10-13(8-9-15(14)17)23(21,22)18-2/h3-11,18H,1-2H3,(H,19,20). The van der Waals surface area contributed by atoms with Crippen molar-refractivity contribution in [1.82, 2.24) is 10.0 Å². The van der Waals surface area contributed by atoms with Crippen molar-refractivity contribution in [3.8, 4) is 0 Å². The molecule has 0 aliphatic heterocycles. The van der Waals surface area contributed by atoms with Crippen molar-refractivity contribution in [2.45, 2.75) is 17.9 Å². The maximum absolute atomic E-state index is 12.4. The van der Waals surface area contributed by atoms with Gasteiger partial charge in [-0.1, -0.05) is 41.9 Å². The molecule has 0 aliphatic carbocycles. The molecule has 0 aliphatic rings. The molecule has 23 heavy (non-hydrogen) atoms. The van der Waals surface area contributed by atoms with E-state index in [0.717, 1.165) is 5.56 Å².